The van der Waals surface area contributed by atoms with Crippen LogP contribution in [0.15, 0.2) is 23.8 Å². The van der Waals surface area contributed by atoms with Gasteiger partial charge in [0.15, 0.2) is 0 Å². The first kappa shape index (κ1) is 12.9. The summed E-state index contributed by atoms with van der Waals surface area (Å²) in [7, 11) is 0. The lowest BCUT2D eigenvalue weighted by molar-refractivity contribution is -0.157. The van der Waals surface area contributed by atoms with Crippen LogP contribution in [0.1, 0.15) is 26.7 Å². The summed E-state index contributed by atoms with van der Waals surface area (Å²) in [5.41, 5.74) is 1.06. The van der Waals surface area contributed by atoms with E-state index in [0.29, 0.717) is 18.4 Å². The van der Waals surface area contributed by atoms with Crippen LogP contribution in [0.3, 0.4) is 0 Å². The molecule has 0 spiro atoms. The average Bonchev–Trinajstić information content (AvgIpc) is 2.61. The first-order chi connectivity index (χ1) is 8.86. The van der Waals surface area contributed by atoms with Crippen molar-refractivity contribution in [1.82, 2.24) is 0 Å². The van der Waals surface area contributed by atoms with Crippen molar-refractivity contribution in [1.29, 1.82) is 0 Å². The minimum absolute atomic E-state index is 0.0344. The fourth-order valence-electron chi connectivity index (χ4n) is 4.23. The van der Waals surface area contributed by atoms with E-state index in [9.17, 15) is 15.0 Å². The molecular weight excluding hydrogens is 244 g/mol. The van der Waals surface area contributed by atoms with Crippen molar-refractivity contribution < 1.29 is 19.7 Å². The molecule has 104 valence electrons. The summed E-state index contributed by atoms with van der Waals surface area (Å²) in [4.78, 5) is 11.7. The molecule has 3 aliphatic rings. The summed E-state index contributed by atoms with van der Waals surface area (Å²) in [6, 6.07) is 0. The number of ether oxygens (including phenoxy) is 1. The molecule has 1 saturated carbocycles. The number of esters is 1. The van der Waals surface area contributed by atoms with Crippen molar-refractivity contribution in [3.63, 3.8) is 0 Å². The molecule has 0 unspecified atom stereocenters. The highest BCUT2D eigenvalue weighted by Crippen LogP contribution is 2.56. The van der Waals surface area contributed by atoms with Crippen molar-refractivity contribution >= 4 is 5.97 Å². The van der Waals surface area contributed by atoms with Crippen LogP contribution in [0.2, 0.25) is 0 Å². The third-order valence-electron chi connectivity index (χ3n) is 5.28. The molecule has 0 aromatic rings. The Labute approximate surface area is 112 Å². The zero-order valence-corrected chi connectivity index (χ0v) is 11.3. The van der Waals surface area contributed by atoms with Crippen molar-refractivity contribution in [2.24, 2.45) is 17.3 Å². The number of aliphatic hydroxyl groups excluding tert-OH is 2. The second-order valence-corrected chi connectivity index (χ2v) is 6.38. The van der Waals surface area contributed by atoms with Crippen molar-refractivity contribution in [2.75, 3.05) is 0 Å². The van der Waals surface area contributed by atoms with Crippen LogP contribution in [0.5, 0.6) is 0 Å². The molecule has 4 nitrogen and oxygen atoms in total. The molecule has 2 fully saturated rings. The van der Waals surface area contributed by atoms with Gasteiger partial charge in [0.1, 0.15) is 6.10 Å². The summed E-state index contributed by atoms with van der Waals surface area (Å²) in [6.07, 6.45) is 1.51. The molecule has 2 N–H and O–H groups in total. The third kappa shape index (κ3) is 1.56. The molecule has 6 atom stereocenters. The summed E-state index contributed by atoms with van der Waals surface area (Å²) < 4.78 is 5.45. The average molecular weight is 264 g/mol. The van der Waals surface area contributed by atoms with Gasteiger partial charge in [-0.15, -0.1) is 0 Å². The third-order valence-corrected chi connectivity index (χ3v) is 5.28. The van der Waals surface area contributed by atoms with Gasteiger partial charge in [-0.2, -0.15) is 0 Å². The topological polar surface area (TPSA) is 66.8 Å². The second-order valence-electron chi connectivity index (χ2n) is 6.38. The van der Waals surface area contributed by atoms with E-state index >= 15 is 0 Å². The molecule has 3 rings (SSSR count). The highest BCUT2D eigenvalue weighted by molar-refractivity contribution is 5.91. The zero-order valence-electron chi connectivity index (χ0n) is 11.3. The Morgan fingerprint density at radius 3 is 2.84 bits per heavy atom. The van der Waals surface area contributed by atoms with Gasteiger partial charge in [0.05, 0.1) is 18.1 Å². The van der Waals surface area contributed by atoms with Crippen LogP contribution in [-0.2, 0) is 9.53 Å². The van der Waals surface area contributed by atoms with E-state index < -0.39 is 23.6 Å². The van der Waals surface area contributed by atoms with E-state index in [1.807, 2.05) is 19.9 Å². The highest BCUT2D eigenvalue weighted by atomic mass is 16.6. The van der Waals surface area contributed by atoms with Crippen LogP contribution < -0.4 is 0 Å². The number of rotatable bonds is 0. The Kier molecular flexibility index (Phi) is 2.67. The quantitative estimate of drug-likeness (QED) is 0.392. The van der Waals surface area contributed by atoms with Crippen LogP contribution in [0.4, 0.5) is 0 Å². The van der Waals surface area contributed by atoms with Crippen molar-refractivity contribution in [2.45, 2.75) is 45.0 Å². The molecule has 0 aromatic carbocycles. The van der Waals surface area contributed by atoms with Gasteiger partial charge < -0.3 is 14.9 Å². The molecule has 0 radical (unpaired) electrons. The summed E-state index contributed by atoms with van der Waals surface area (Å²) >= 11 is 0. The Morgan fingerprint density at radius 2 is 2.16 bits per heavy atom. The molecule has 0 aromatic heterocycles. The number of carbonyl (C=O) groups excluding carboxylic acids is 1. The molecule has 4 heteroatoms. The molecule has 19 heavy (non-hydrogen) atoms. The zero-order chi connectivity index (χ0) is 13.9. The fourth-order valence-corrected chi connectivity index (χ4v) is 4.23. The largest absolute Gasteiger partial charge is 0.458 e. The van der Waals surface area contributed by atoms with E-state index in [4.69, 9.17) is 4.74 Å². The lowest BCUT2D eigenvalue weighted by Gasteiger charge is -2.52. The maximum atomic E-state index is 11.7. The first-order valence-corrected chi connectivity index (χ1v) is 6.79. The normalized spacial score (nSPS) is 49.3. The van der Waals surface area contributed by atoms with E-state index in [1.54, 1.807) is 0 Å². The van der Waals surface area contributed by atoms with Gasteiger partial charge in [0.2, 0.25) is 0 Å². The Balaban J connectivity index is 2.08. The maximum absolute atomic E-state index is 11.7. The van der Waals surface area contributed by atoms with Gasteiger partial charge in [-0.1, -0.05) is 25.2 Å². The molecule has 0 bridgehead atoms. The molecule has 0 amide bonds. The number of fused-ring (bicyclic) bond motifs is 3. The molecule has 1 heterocycles. The second kappa shape index (κ2) is 3.93. The van der Waals surface area contributed by atoms with Gasteiger partial charge >= 0.3 is 5.97 Å². The van der Waals surface area contributed by atoms with Gasteiger partial charge in [0, 0.05) is 16.9 Å². The standard InChI is InChI=1S/C15H20O4/c1-7-4-5-10(17)15(3)6-9(16)11-8(2)14(18)19-13(11)12(7)15/h4,9-13,16-17H,2,5-6H2,1,3H3/t9-,10+,11-,12+,13-,15-/m1/s1. The Bertz CT molecular complexity index is 481. The predicted octanol–water partition coefficient (Wildman–Crippen LogP) is 1.18. The minimum atomic E-state index is -0.675. The summed E-state index contributed by atoms with van der Waals surface area (Å²) in [5, 5.41) is 20.7. The van der Waals surface area contributed by atoms with Crippen molar-refractivity contribution in [3.05, 3.63) is 23.8 Å². The van der Waals surface area contributed by atoms with E-state index in [2.05, 4.69) is 6.58 Å². The Hall–Kier alpha value is -1.13. The van der Waals surface area contributed by atoms with Gasteiger partial charge in [-0.3, -0.25) is 0 Å². The lowest BCUT2D eigenvalue weighted by atomic mass is 9.54. The smallest absolute Gasteiger partial charge is 0.334 e. The molecule has 1 saturated heterocycles. The number of carbonyl (C=O) groups is 1. The monoisotopic (exact) mass is 264 g/mol. The van der Waals surface area contributed by atoms with Crippen LogP contribution in [-0.4, -0.2) is 34.5 Å². The lowest BCUT2D eigenvalue weighted by Crippen LogP contribution is -2.56. The fraction of sp³-hybridized carbons (Fsp3) is 0.667. The first-order valence-electron chi connectivity index (χ1n) is 6.79. The molecule has 1 aliphatic heterocycles. The number of aliphatic hydroxyl groups is 2. The summed E-state index contributed by atoms with van der Waals surface area (Å²) in [6.45, 7) is 7.75. The Morgan fingerprint density at radius 1 is 1.47 bits per heavy atom. The van der Waals surface area contributed by atoms with Gasteiger partial charge in [0.25, 0.3) is 0 Å². The minimum Gasteiger partial charge on any atom is -0.458 e. The van der Waals surface area contributed by atoms with Crippen LogP contribution >= 0.6 is 0 Å². The van der Waals surface area contributed by atoms with Crippen molar-refractivity contribution in [3.8, 4) is 0 Å². The summed E-state index contributed by atoms with van der Waals surface area (Å²) in [5.74, 6) is -0.779. The number of hydrogen-bond donors (Lipinski definition) is 2. The predicted molar refractivity (Wildman–Crippen MR) is 69.1 cm³/mol. The number of hydrogen-bond acceptors (Lipinski definition) is 4. The van der Waals surface area contributed by atoms with Crippen LogP contribution in [0.25, 0.3) is 0 Å². The van der Waals surface area contributed by atoms with E-state index in [-0.39, 0.29) is 17.9 Å². The molecule has 2 aliphatic carbocycles. The van der Waals surface area contributed by atoms with Gasteiger partial charge in [-0.05, 0) is 19.8 Å². The van der Waals surface area contributed by atoms with E-state index in [1.165, 1.54) is 0 Å². The highest BCUT2D eigenvalue weighted by Gasteiger charge is 2.60. The molecular formula is C15H20O4. The SMILES string of the molecule is C=C1C(=O)O[C@@H]2[C@H]1[C@H](O)C[C@]1(C)[C@@H](O)CC=C(C)[C@@H]21. The van der Waals surface area contributed by atoms with Crippen LogP contribution in [0, 0.1) is 17.3 Å². The van der Waals surface area contributed by atoms with E-state index in [0.717, 1.165) is 5.57 Å². The van der Waals surface area contributed by atoms with Gasteiger partial charge in [-0.25, -0.2) is 4.79 Å². The maximum Gasteiger partial charge on any atom is 0.334 e.